The molecule has 2 saturated heterocycles. The summed E-state index contributed by atoms with van der Waals surface area (Å²) in [6.07, 6.45) is 6.72. The summed E-state index contributed by atoms with van der Waals surface area (Å²) in [4.78, 5) is 14.8. The smallest absolute Gasteiger partial charge is 0.223 e. The van der Waals surface area contributed by atoms with E-state index in [1.807, 2.05) is 0 Å². The first-order chi connectivity index (χ1) is 12.3. The number of nitrogens with zero attached hydrogens (tertiary/aromatic N) is 1. The Hall–Kier alpha value is -1.39. The zero-order valence-electron chi connectivity index (χ0n) is 15.1. The highest BCUT2D eigenvalue weighted by Crippen LogP contribution is 2.41. The van der Waals surface area contributed by atoms with Crippen LogP contribution in [-0.2, 0) is 16.0 Å². The third kappa shape index (κ3) is 4.06. The zero-order chi connectivity index (χ0) is 17.1. The molecule has 25 heavy (non-hydrogen) atoms. The molecular weight excluding hydrogens is 312 g/mol. The largest absolute Gasteiger partial charge is 0.379 e. The number of hydrogen-bond donors (Lipinski definition) is 1. The Morgan fingerprint density at radius 3 is 2.64 bits per heavy atom. The molecular formula is C21H30N2O2. The van der Waals surface area contributed by atoms with E-state index in [9.17, 15) is 4.79 Å². The summed E-state index contributed by atoms with van der Waals surface area (Å²) in [5.41, 5.74) is 1.68. The lowest BCUT2D eigenvalue weighted by atomic mass is 9.69. The van der Waals surface area contributed by atoms with Gasteiger partial charge >= 0.3 is 0 Å². The average molecular weight is 342 g/mol. The second kappa shape index (κ2) is 7.46. The molecule has 0 radical (unpaired) electrons. The van der Waals surface area contributed by atoms with E-state index in [4.69, 9.17) is 4.74 Å². The van der Waals surface area contributed by atoms with E-state index in [1.165, 1.54) is 18.4 Å². The second-order valence-electron chi connectivity index (χ2n) is 8.10. The molecule has 0 unspecified atom stereocenters. The monoisotopic (exact) mass is 342 g/mol. The van der Waals surface area contributed by atoms with Crippen molar-refractivity contribution >= 4 is 5.91 Å². The molecule has 1 saturated carbocycles. The number of benzene rings is 1. The molecule has 1 amide bonds. The fraction of sp³-hybridized carbons (Fsp3) is 0.667. The highest BCUT2D eigenvalue weighted by molar-refractivity contribution is 5.81. The molecule has 1 spiro atoms. The Bertz CT molecular complexity index is 577. The van der Waals surface area contributed by atoms with Crippen molar-refractivity contribution in [3.63, 3.8) is 0 Å². The van der Waals surface area contributed by atoms with Crippen molar-refractivity contribution in [2.24, 2.45) is 11.3 Å². The number of hydrogen-bond acceptors (Lipinski definition) is 3. The van der Waals surface area contributed by atoms with Crippen molar-refractivity contribution in [3.05, 3.63) is 35.9 Å². The summed E-state index contributed by atoms with van der Waals surface area (Å²) in [6.45, 7) is 4.96. The van der Waals surface area contributed by atoms with Crippen molar-refractivity contribution in [1.29, 1.82) is 0 Å². The predicted molar refractivity (Wildman–Crippen MR) is 98.3 cm³/mol. The fourth-order valence-corrected chi connectivity index (χ4v) is 4.41. The minimum Gasteiger partial charge on any atom is -0.379 e. The van der Waals surface area contributed by atoms with E-state index in [0.717, 1.165) is 51.9 Å². The summed E-state index contributed by atoms with van der Waals surface area (Å²) in [5, 5.41) is 3.33. The van der Waals surface area contributed by atoms with Crippen LogP contribution in [0.5, 0.6) is 0 Å². The van der Waals surface area contributed by atoms with Crippen molar-refractivity contribution in [3.8, 4) is 0 Å². The van der Waals surface area contributed by atoms with Gasteiger partial charge in [-0.1, -0.05) is 30.3 Å². The SMILES string of the molecule is O=C(N[C@H]1COCCC12CCN(CCc1ccccc1)CC2)C1CC1. The van der Waals surface area contributed by atoms with E-state index in [1.54, 1.807) is 0 Å². The van der Waals surface area contributed by atoms with Crippen molar-refractivity contribution in [1.82, 2.24) is 10.2 Å². The number of nitrogens with one attached hydrogen (secondary N) is 1. The second-order valence-corrected chi connectivity index (χ2v) is 8.10. The maximum Gasteiger partial charge on any atom is 0.223 e. The van der Waals surface area contributed by atoms with Gasteiger partial charge in [-0.15, -0.1) is 0 Å². The fourth-order valence-electron chi connectivity index (χ4n) is 4.41. The van der Waals surface area contributed by atoms with Gasteiger partial charge in [0, 0.05) is 19.1 Å². The summed E-state index contributed by atoms with van der Waals surface area (Å²) >= 11 is 0. The normalized spacial score (nSPS) is 26.5. The minimum absolute atomic E-state index is 0.214. The number of rotatable bonds is 5. The van der Waals surface area contributed by atoms with E-state index in [-0.39, 0.29) is 23.3 Å². The lowest BCUT2D eigenvalue weighted by Crippen LogP contribution is -2.57. The quantitative estimate of drug-likeness (QED) is 0.894. The Balaban J connectivity index is 1.31. The molecule has 2 aliphatic heterocycles. The summed E-state index contributed by atoms with van der Waals surface area (Å²) < 4.78 is 5.71. The lowest BCUT2D eigenvalue weighted by molar-refractivity contribution is -0.127. The van der Waals surface area contributed by atoms with Crippen molar-refractivity contribution in [2.45, 2.75) is 44.6 Å². The number of ether oxygens (including phenoxy) is 1. The summed E-state index contributed by atoms with van der Waals surface area (Å²) in [6, 6.07) is 11.0. The lowest BCUT2D eigenvalue weighted by Gasteiger charge is -2.49. The Labute approximate surface area is 150 Å². The van der Waals surface area contributed by atoms with Crippen LogP contribution in [0.3, 0.4) is 0 Å². The van der Waals surface area contributed by atoms with E-state index in [0.29, 0.717) is 6.61 Å². The zero-order valence-corrected chi connectivity index (χ0v) is 15.1. The van der Waals surface area contributed by atoms with Crippen LogP contribution in [0.2, 0.25) is 0 Å². The summed E-state index contributed by atoms with van der Waals surface area (Å²) in [5.74, 6) is 0.548. The van der Waals surface area contributed by atoms with Crippen LogP contribution in [0.25, 0.3) is 0 Å². The van der Waals surface area contributed by atoms with Crippen LogP contribution in [0.4, 0.5) is 0 Å². The van der Waals surface area contributed by atoms with Crippen molar-refractivity contribution in [2.75, 3.05) is 32.8 Å². The summed E-state index contributed by atoms with van der Waals surface area (Å²) in [7, 11) is 0. The number of carbonyl (C=O) groups excluding carboxylic acids is 1. The van der Waals surface area contributed by atoms with Gasteiger partial charge in [0.25, 0.3) is 0 Å². The van der Waals surface area contributed by atoms with Gasteiger partial charge in [-0.3, -0.25) is 4.79 Å². The molecule has 4 heteroatoms. The van der Waals surface area contributed by atoms with Gasteiger partial charge in [0.15, 0.2) is 0 Å². The number of amides is 1. The third-order valence-electron chi connectivity index (χ3n) is 6.44. The van der Waals surface area contributed by atoms with Gasteiger partial charge in [0.1, 0.15) is 0 Å². The van der Waals surface area contributed by atoms with Crippen LogP contribution in [0.15, 0.2) is 30.3 Å². The molecule has 1 aliphatic carbocycles. The molecule has 1 aromatic carbocycles. The van der Waals surface area contributed by atoms with Gasteiger partial charge in [-0.25, -0.2) is 0 Å². The molecule has 136 valence electrons. The maximum atomic E-state index is 12.2. The molecule has 2 heterocycles. The molecule has 4 rings (SSSR count). The van der Waals surface area contributed by atoms with E-state index >= 15 is 0 Å². The molecule has 3 aliphatic rings. The molecule has 0 bridgehead atoms. The van der Waals surface area contributed by atoms with Crippen LogP contribution in [0.1, 0.15) is 37.7 Å². The van der Waals surface area contributed by atoms with Crippen LogP contribution in [-0.4, -0.2) is 49.7 Å². The van der Waals surface area contributed by atoms with Gasteiger partial charge in [-0.2, -0.15) is 0 Å². The number of piperidine rings is 1. The van der Waals surface area contributed by atoms with Gasteiger partial charge in [0.2, 0.25) is 5.91 Å². The standard InChI is InChI=1S/C21H30N2O2/c24-20(18-6-7-18)22-19-16-25-15-11-21(19)9-13-23(14-10-21)12-8-17-4-2-1-3-5-17/h1-5,18-19H,6-16H2,(H,22,24)/t19-/m0/s1. The predicted octanol–water partition coefficient (Wildman–Crippen LogP) is 2.63. The molecule has 3 fully saturated rings. The Morgan fingerprint density at radius 2 is 1.92 bits per heavy atom. The van der Waals surface area contributed by atoms with Crippen LogP contribution in [0, 0.1) is 11.3 Å². The minimum atomic E-state index is 0.214. The van der Waals surface area contributed by atoms with Crippen LogP contribution >= 0.6 is 0 Å². The number of carbonyl (C=O) groups is 1. The molecule has 0 aromatic heterocycles. The molecule has 1 aromatic rings. The highest BCUT2D eigenvalue weighted by atomic mass is 16.5. The third-order valence-corrected chi connectivity index (χ3v) is 6.44. The first kappa shape index (κ1) is 17.0. The first-order valence-corrected chi connectivity index (χ1v) is 9.90. The van der Waals surface area contributed by atoms with E-state index in [2.05, 4.69) is 40.5 Å². The first-order valence-electron chi connectivity index (χ1n) is 9.90. The van der Waals surface area contributed by atoms with Gasteiger partial charge in [0.05, 0.1) is 12.6 Å². The van der Waals surface area contributed by atoms with E-state index < -0.39 is 0 Å². The topological polar surface area (TPSA) is 41.6 Å². The Kier molecular flexibility index (Phi) is 5.09. The molecule has 1 atom stereocenters. The average Bonchev–Trinajstić information content (AvgIpc) is 3.49. The van der Waals surface area contributed by atoms with Gasteiger partial charge < -0.3 is 15.0 Å². The number of likely N-dealkylation sites (tertiary alicyclic amines) is 1. The Morgan fingerprint density at radius 1 is 1.16 bits per heavy atom. The van der Waals surface area contributed by atoms with Crippen LogP contribution < -0.4 is 5.32 Å². The molecule has 4 nitrogen and oxygen atoms in total. The molecule has 1 N–H and O–H groups in total. The van der Waals surface area contributed by atoms with Gasteiger partial charge in [-0.05, 0) is 62.6 Å². The highest BCUT2D eigenvalue weighted by Gasteiger charge is 2.45. The van der Waals surface area contributed by atoms with Crippen molar-refractivity contribution < 1.29 is 9.53 Å². The maximum absolute atomic E-state index is 12.2.